The van der Waals surface area contributed by atoms with Crippen LogP contribution in [0.4, 0.5) is 5.82 Å². The highest BCUT2D eigenvalue weighted by molar-refractivity contribution is 6.28. The van der Waals surface area contributed by atoms with Crippen LogP contribution in [0.15, 0.2) is 6.20 Å². The molecule has 27 heavy (non-hydrogen) atoms. The quantitative estimate of drug-likeness (QED) is 0.366. The van der Waals surface area contributed by atoms with Crippen LogP contribution in [0.1, 0.15) is 39.0 Å². The van der Waals surface area contributed by atoms with E-state index in [2.05, 4.69) is 20.0 Å². The average molecular weight is 396 g/mol. The summed E-state index contributed by atoms with van der Waals surface area (Å²) in [6.07, 6.45) is 6.14. The van der Waals surface area contributed by atoms with Crippen LogP contribution < -0.4 is 4.90 Å². The molecular weight excluding hydrogens is 370 g/mol. The summed E-state index contributed by atoms with van der Waals surface area (Å²) < 4.78 is 12.2. The van der Waals surface area contributed by atoms with Crippen molar-refractivity contribution in [3.63, 3.8) is 0 Å². The molecule has 3 rings (SSSR count). The van der Waals surface area contributed by atoms with Crippen molar-refractivity contribution in [1.82, 2.24) is 19.7 Å². The largest absolute Gasteiger partial charge is 0.466 e. The molecule has 0 bridgehead atoms. The molecule has 0 aliphatic carbocycles. The lowest BCUT2D eigenvalue weighted by atomic mass is 10.1. The first-order valence-electron chi connectivity index (χ1n) is 9.56. The molecule has 0 aromatic carbocycles. The fourth-order valence-corrected chi connectivity index (χ4v) is 3.37. The first kappa shape index (κ1) is 19.8. The normalized spacial score (nSPS) is 14.7. The van der Waals surface area contributed by atoms with Gasteiger partial charge in [0.1, 0.15) is 5.82 Å². The second kappa shape index (κ2) is 9.85. The van der Waals surface area contributed by atoms with Crippen molar-refractivity contribution >= 4 is 34.4 Å². The van der Waals surface area contributed by atoms with E-state index in [1.165, 1.54) is 0 Å². The molecule has 0 spiro atoms. The number of morpholine rings is 1. The van der Waals surface area contributed by atoms with Crippen LogP contribution in [-0.4, -0.2) is 58.6 Å². The zero-order valence-electron chi connectivity index (χ0n) is 15.7. The van der Waals surface area contributed by atoms with Crippen molar-refractivity contribution in [3.8, 4) is 0 Å². The van der Waals surface area contributed by atoms with Gasteiger partial charge in [-0.15, -0.1) is 0 Å². The second-order valence-corrected chi connectivity index (χ2v) is 6.83. The maximum atomic E-state index is 11.3. The molecule has 1 aliphatic rings. The molecule has 2 aromatic heterocycles. The lowest BCUT2D eigenvalue weighted by Gasteiger charge is -2.28. The molecule has 3 heterocycles. The molecule has 0 radical (unpaired) electrons. The number of carbonyl (C=O) groups excluding carboxylic acids is 1. The number of halogens is 1. The molecule has 1 aliphatic heterocycles. The van der Waals surface area contributed by atoms with Crippen LogP contribution in [0.2, 0.25) is 5.28 Å². The van der Waals surface area contributed by atoms with Crippen LogP contribution in [-0.2, 0) is 20.8 Å². The molecule has 0 amide bonds. The van der Waals surface area contributed by atoms with Gasteiger partial charge in [-0.2, -0.15) is 15.1 Å². The summed E-state index contributed by atoms with van der Waals surface area (Å²) >= 11 is 6.16. The van der Waals surface area contributed by atoms with Gasteiger partial charge in [-0.1, -0.05) is 12.8 Å². The van der Waals surface area contributed by atoms with Crippen molar-refractivity contribution in [1.29, 1.82) is 0 Å². The minimum Gasteiger partial charge on any atom is -0.466 e. The maximum Gasteiger partial charge on any atom is 0.305 e. The zero-order valence-corrected chi connectivity index (χ0v) is 16.5. The van der Waals surface area contributed by atoms with E-state index >= 15 is 0 Å². The van der Waals surface area contributed by atoms with E-state index in [4.69, 9.17) is 21.1 Å². The van der Waals surface area contributed by atoms with E-state index < -0.39 is 0 Å². The SMILES string of the molecule is CCOC(=O)CCCCCCn1ncc2c(N3CCOCC3)nc(Cl)nc21. The standard InChI is InChI=1S/C18H26ClN5O3/c1-2-27-15(25)7-5-3-4-6-8-24-17-14(13-20-24)16(21-18(19)22-17)23-9-11-26-12-10-23/h13H,2-12H2,1H3. The summed E-state index contributed by atoms with van der Waals surface area (Å²) in [5, 5.41) is 5.64. The molecule has 1 fully saturated rings. The van der Waals surface area contributed by atoms with Gasteiger partial charge >= 0.3 is 5.97 Å². The maximum absolute atomic E-state index is 11.3. The number of nitrogens with zero attached hydrogens (tertiary/aromatic N) is 5. The summed E-state index contributed by atoms with van der Waals surface area (Å²) in [6.45, 7) is 5.97. The van der Waals surface area contributed by atoms with Crippen LogP contribution in [0.3, 0.4) is 0 Å². The fraction of sp³-hybridized carbons (Fsp3) is 0.667. The monoisotopic (exact) mass is 395 g/mol. The van der Waals surface area contributed by atoms with Gasteiger partial charge in [0, 0.05) is 26.1 Å². The van der Waals surface area contributed by atoms with Gasteiger partial charge in [0.15, 0.2) is 5.65 Å². The summed E-state index contributed by atoms with van der Waals surface area (Å²) in [5.41, 5.74) is 0.767. The van der Waals surface area contributed by atoms with Gasteiger partial charge in [0.25, 0.3) is 0 Å². The van der Waals surface area contributed by atoms with Gasteiger partial charge in [0.2, 0.25) is 5.28 Å². The Hall–Kier alpha value is -1.93. The highest BCUT2D eigenvalue weighted by Crippen LogP contribution is 2.26. The van der Waals surface area contributed by atoms with E-state index in [9.17, 15) is 4.79 Å². The Morgan fingerprint density at radius 2 is 2.00 bits per heavy atom. The first-order valence-corrected chi connectivity index (χ1v) is 9.94. The molecular formula is C18H26ClN5O3. The summed E-state index contributed by atoms with van der Waals surface area (Å²) in [5.74, 6) is 0.714. The smallest absolute Gasteiger partial charge is 0.305 e. The molecule has 8 nitrogen and oxygen atoms in total. The molecule has 0 unspecified atom stereocenters. The number of ether oxygens (including phenoxy) is 2. The van der Waals surface area contributed by atoms with Crippen molar-refractivity contribution in [2.24, 2.45) is 0 Å². The molecule has 9 heteroatoms. The lowest BCUT2D eigenvalue weighted by molar-refractivity contribution is -0.143. The third-order valence-electron chi connectivity index (χ3n) is 4.57. The van der Waals surface area contributed by atoms with Gasteiger partial charge < -0.3 is 14.4 Å². The summed E-state index contributed by atoms with van der Waals surface area (Å²) in [7, 11) is 0. The summed E-state index contributed by atoms with van der Waals surface area (Å²) in [6, 6.07) is 0. The number of aryl methyl sites for hydroxylation is 1. The number of rotatable bonds is 9. The minimum atomic E-state index is -0.113. The fourth-order valence-electron chi connectivity index (χ4n) is 3.21. The van der Waals surface area contributed by atoms with Gasteiger partial charge in [-0.25, -0.2) is 4.68 Å². The number of fused-ring (bicyclic) bond motifs is 1. The van der Waals surface area contributed by atoms with E-state index in [1.54, 1.807) is 0 Å². The van der Waals surface area contributed by atoms with Crippen LogP contribution in [0, 0.1) is 0 Å². The highest BCUT2D eigenvalue weighted by atomic mass is 35.5. The zero-order chi connectivity index (χ0) is 19.1. The minimum absolute atomic E-state index is 0.113. The van der Waals surface area contributed by atoms with Crippen LogP contribution in [0.25, 0.3) is 11.0 Å². The molecule has 148 valence electrons. The number of aromatic nitrogens is 4. The number of esters is 1. The van der Waals surface area contributed by atoms with Crippen LogP contribution >= 0.6 is 11.6 Å². The second-order valence-electron chi connectivity index (χ2n) is 6.49. The third-order valence-corrected chi connectivity index (χ3v) is 4.73. The topological polar surface area (TPSA) is 82.4 Å². The van der Waals surface area contributed by atoms with Crippen LogP contribution in [0.5, 0.6) is 0 Å². The Labute approximate surface area is 163 Å². The van der Waals surface area contributed by atoms with E-state index in [0.29, 0.717) is 26.2 Å². The Kier molecular flexibility index (Phi) is 7.23. The number of anilines is 1. The molecule has 0 atom stereocenters. The predicted octanol–water partition coefficient (Wildman–Crippen LogP) is 2.83. The molecule has 1 saturated heterocycles. The van der Waals surface area contributed by atoms with E-state index in [1.807, 2.05) is 17.8 Å². The van der Waals surface area contributed by atoms with Gasteiger partial charge in [-0.3, -0.25) is 4.79 Å². The number of hydrogen-bond acceptors (Lipinski definition) is 7. The molecule has 0 N–H and O–H groups in total. The van der Waals surface area contributed by atoms with Crippen molar-refractivity contribution in [3.05, 3.63) is 11.5 Å². The Morgan fingerprint density at radius 3 is 2.78 bits per heavy atom. The third kappa shape index (κ3) is 5.29. The molecule has 0 saturated carbocycles. The van der Waals surface area contributed by atoms with E-state index in [-0.39, 0.29) is 11.3 Å². The Morgan fingerprint density at radius 1 is 1.22 bits per heavy atom. The van der Waals surface area contributed by atoms with Gasteiger partial charge in [-0.05, 0) is 31.4 Å². The molecule has 2 aromatic rings. The highest BCUT2D eigenvalue weighted by Gasteiger charge is 2.19. The van der Waals surface area contributed by atoms with Crippen molar-refractivity contribution < 1.29 is 14.3 Å². The lowest BCUT2D eigenvalue weighted by Crippen LogP contribution is -2.36. The van der Waals surface area contributed by atoms with Gasteiger partial charge in [0.05, 0.1) is 31.4 Å². The summed E-state index contributed by atoms with van der Waals surface area (Å²) in [4.78, 5) is 22.3. The Bertz CT molecular complexity index is 761. The van der Waals surface area contributed by atoms with E-state index in [0.717, 1.165) is 62.2 Å². The first-order chi connectivity index (χ1) is 13.2. The number of unbranched alkanes of at least 4 members (excludes halogenated alkanes) is 3. The number of hydrogen-bond donors (Lipinski definition) is 0. The average Bonchev–Trinajstić information content (AvgIpc) is 3.07. The predicted molar refractivity (Wildman–Crippen MR) is 103 cm³/mol. The van der Waals surface area contributed by atoms with Crippen molar-refractivity contribution in [2.75, 3.05) is 37.8 Å². The Balaban J connectivity index is 1.56. The number of carbonyl (C=O) groups is 1. The van der Waals surface area contributed by atoms with Crippen molar-refractivity contribution in [2.45, 2.75) is 45.6 Å².